The van der Waals surface area contributed by atoms with E-state index in [1.807, 2.05) is 18.2 Å². The highest BCUT2D eigenvalue weighted by atomic mass is 19.1. The lowest BCUT2D eigenvalue weighted by atomic mass is 10.3. The minimum Gasteiger partial charge on any atom is -0.489 e. The molecule has 3 rings (SSSR count). The van der Waals surface area contributed by atoms with Crippen LogP contribution in [0.4, 0.5) is 19.3 Å². The Morgan fingerprint density at radius 2 is 1.82 bits per heavy atom. The van der Waals surface area contributed by atoms with Crippen molar-refractivity contribution in [3.8, 4) is 5.75 Å². The van der Waals surface area contributed by atoms with Crippen molar-refractivity contribution in [3.05, 3.63) is 60.2 Å². The fourth-order valence-corrected chi connectivity index (χ4v) is 2.23. The molecule has 6 heteroatoms. The smallest absolute Gasteiger partial charge is 0.414 e. The van der Waals surface area contributed by atoms with E-state index >= 15 is 0 Å². The average molecular weight is 305 g/mol. The second kappa shape index (κ2) is 6.01. The van der Waals surface area contributed by atoms with Crippen LogP contribution in [-0.2, 0) is 4.74 Å². The molecule has 1 unspecified atom stereocenters. The molecule has 1 aliphatic rings. The van der Waals surface area contributed by atoms with Gasteiger partial charge in [-0.25, -0.2) is 13.6 Å². The summed E-state index contributed by atoms with van der Waals surface area (Å²) in [5, 5.41) is 0. The Labute approximate surface area is 125 Å². The van der Waals surface area contributed by atoms with E-state index in [1.165, 1.54) is 4.90 Å². The monoisotopic (exact) mass is 305 g/mol. The first-order valence-corrected chi connectivity index (χ1v) is 6.74. The molecule has 0 radical (unpaired) electrons. The van der Waals surface area contributed by atoms with E-state index in [-0.39, 0.29) is 12.4 Å². The molecule has 0 aliphatic carbocycles. The van der Waals surface area contributed by atoms with Gasteiger partial charge in [-0.3, -0.25) is 4.90 Å². The largest absolute Gasteiger partial charge is 0.489 e. The maximum absolute atomic E-state index is 13.1. The molecule has 1 aliphatic heterocycles. The summed E-state index contributed by atoms with van der Waals surface area (Å²) in [5.41, 5.74) is 0.729. The van der Waals surface area contributed by atoms with Gasteiger partial charge in [0.15, 0.2) is 6.10 Å². The molecule has 2 aromatic carbocycles. The van der Waals surface area contributed by atoms with Crippen LogP contribution in [0.5, 0.6) is 5.75 Å². The lowest BCUT2D eigenvalue weighted by molar-refractivity contribution is 0.105. The summed E-state index contributed by atoms with van der Waals surface area (Å²) < 4.78 is 36.6. The first-order chi connectivity index (χ1) is 10.6. The number of para-hydroxylation sites is 1. The molecule has 1 atom stereocenters. The molecule has 114 valence electrons. The topological polar surface area (TPSA) is 38.8 Å². The molecule has 0 spiro atoms. The van der Waals surface area contributed by atoms with Crippen molar-refractivity contribution in [2.45, 2.75) is 6.10 Å². The van der Waals surface area contributed by atoms with Gasteiger partial charge in [0.2, 0.25) is 0 Å². The van der Waals surface area contributed by atoms with E-state index in [2.05, 4.69) is 0 Å². The summed E-state index contributed by atoms with van der Waals surface area (Å²) in [7, 11) is 0. The minimum absolute atomic E-state index is 0.0258. The van der Waals surface area contributed by atoms with Gasteiger partial charge >= 0.3 is 6.09 Å². The van der Waals surface area contributed by atoms with Gasteiger partial charge in [0.1, 0.15) is 24.0 Å². The van der Waals surface area contributed by atoms with Crippen LogP contribution in [0, 0.1) is 11.6 Å². The third-order valence-electron chi connectivity index (χ3n) is 3.21. The maximum Gasteiger partial charge on any atom is 0.414 e. The lowest BCUT2D eigenvalue weighted by Crippen LogP contribution is -2.26. The number of carbonyl (C=O) groups excluding carboxylic acids is 1. The Bertz CT molecular complexity index is 658. The number of benzene rings is 2. The van der Waals surface area contributed by atoms with Crippen LogP contribution >= 0.6 is 0 Å². The van der Waals surface area contributed by atoms with Gasteiger partial charge in [-0.15, -0.1) is 0 Å². The van der Waals surface area contributed by atoms with Gasteiger partial charge < -0.3 is 9.47 Å². The summed E-state index contributed by atoms with van der Waals surface area (Å²) in [6.45, 7) is 0.346. The van der Waals surface area contributed by atoms with Crippen molar-refractivity contribution in [1.29, 1.82) is 0 Å². The molecule has 4 nitrogen and oxygen atoms in total. The lowest BCUT2D eigenvalue weighted by Gasteiger charge is -2.13. The molecule has 0 bridgehead atoms. The summed E-state index contributed by atoms with van der Waals surface area (Å²) in [4.78, 5) is 13.3. The molecule has 0 aromatic heterocycles. The molecule has 1 saturated heterocycles. The number of ether oxygens (including phenoxy) is 2. The van der Waals surface area contributed by atoms with Gasteiger partial charge in [0.05, 0.1) is 6.54 Å². The highest BCUT2D eigenvalue weighted by Gasteiger charge is 2.32. The molecule has 0 N–H and O–H groups in total. The zero-order chi connectivity index (χ0) is 15.5. The predicted molar refractivity (Wildman–Crippen MR) is 75.9 cm³/mol. The molecule has 0 saturated carbocycles. The Balaban J connectivity index is 1.62. The Kier molecular flexibility index (Phi) is 3.91. The standard InChI is InChI=1S/C16H13F2NO3/c17-11-6-12(18)8-14(7-11)21-10-15-9-19(16(20)22-15)13-4-2-1-3-5-13/h1-8,15H,9-10H2. The van der Waals surface area contributed by atoms with Gasteiger partial charge in [-0.2, -0.15) is 0 Å². The zero-order valence-electron chi connectivity index (χ0n) is 11.5. The zero-order valence-corrected chi connectivity index (χ0v) is 11.5. The van der Waals surface area contributed by atoms with Crippen molar-refractivity contribution in [2.24, 2.45) is 0 Å². The fraction of sp³-hybridized carbons (Fsp3) is 0.188. The van der Waals surface area contributed by atoms with Crippen molar-refractivity contribution in [3.63, 3.8) is 0 Å². The minimum atomic E-state index is -0.718. The van der Waals surface area contributed by atoms with Crippen LogP contribution in [-0.4, -0.2) is 25.3 Å². The van der Waals surface area contributed by atoms with Gasteiger partial charge in [-0.1, -0.05) is 18.2 Å². The normalized spacial score (nSPS) is 17.5. The summed E-state index contributed by atoms with van der Waals surface area (Å²) in [5.74, 6) is -1.37. The molecule has 22 heavy (non-hydrogen) atoms. The number of anilines is 1. The quantitative estimate of drug-likeness (QED) is 0.869. The van der Waals surface area contributed by atoms with E-state index in [1.54, 1.807) is 12.1 Å². The van der Waals surface area contributed by atoms with E-state index in [0.717, 1.165) is 23.9 Å². The van der Waals surface area contributed by atoms with Crippen molar-refractivity contribution in [1.82, 2.24) is 0 Å². The SMILES string of the molecule is O=C1OC(COc2cc(F)cc(F)c2)CN1c1ccccc1. The van der Waals surface area contributed by atoms with E-state index < -0.39 is 23.8 Å². The van der Waals surface area contributed by atoms with Crippen molar-refractivity contribution in [2.75, 3.05) is 18.1 Å². The number of carbonyl (C=O) groups is 1. The number of cyclic esters (lactones) is 1. The first-order valence-electron chi connectivity index (χ1n) is 6.74. The summed E-state index contributed by atoms with van der Waals surface area (Å²) >= 11 is 0. The Hall–Kier alpha value is -2.63. The van der Waals surface area contributed by atoms with Crippen molar-refractivity contribution < 1.29 is 23.0 Å². The average Bonchev–Trinajstić information content (AvgIpc) is 2.86. The Morgan fingerprint density at radius 1 is 1.14 bits per heavy atom. The molecule has 1 heterocycles. The number of rotatable bonds is 4. The fourth-order valence-electron chi connectivity index (χ4n) is 2.23. The number of nitrogens with zero attached hydrogens (tertiary/aromatic N) is 1. The van der Waals surface area contributed by atoms with Crippen LogP contribution < -0.4 is 9.64 Å². The third kappa shape index (κ3) is 3.16. The number of halogens is 2. The molecular formula is C16H13F2NO3. The van der Waals surface area contributed by atoms with Crippen LogP contribution in [0.3, 0.4) is 0 Å². The van der Waals surface area contributed by atoms with Crippen LogP contribution in [0.1, 0.15) is 0 Å². The second-order valence-corrected chi connectivity index (χ2v) is 4.87. The van der Waals surface area contributed by atoms with Crippen molar-refractivity contribution >= 4 is 11.8 Å². The highest BCUT2D eigenvalue weighted by molar-refractivity contribution is 5.89. The van der Waals surface area contributed by atoms with Crippen LogP contribution in [0.15, 0.2) is 48.5 Å². The van der Waals surface area contributed by atoms with Gasteiger partial charge in [-0.05, 0) is 12.1 Å². The Morgan fingerprint density at radius 3 is 2.50 bits per heavy atom. The first kappa shape index (κ1) is 14.3. The molecule has 1 amide bonds. The molecule has 2 aromatic rings. The number of amides is 1. The van der Waals surface area contributed by atoms with Crippen LogP contribution in [0.25, 0.3) is 0 Å². The summed E-state index contributed by atoms with van der Waals surface area (Å²) in [6, 6.07) is 12.0. The van der Waals surface area contributed by atoms with Gasteiger partial charge in [0, 0.05) is 23.9 Å². The predicted octanol–water partition coefficient (Wildman–Crippen LogP) is 3.37. The number of hydrogen-bond donors (Lipinski definition) is 0. The third-order valence-corrected chi connectivity index (χ3v) is 3.21. The van der Waals surface area contributed by atoms with Gasteiger partial charge in [0.25, 0.3) is 0 Å². The molecule has 1 fully saturated rings. The second-order valence-electron chi connectivity index (χ2n) is 4.87. The van der Waals surface area contributed by atoms with E-state index in [4.69, 9.17) is 9.47 Å². The summed E-state index contributed by atoms with van der Waals surface area (Å²) in [6.07, 6.45) is -0.968. The molecular weight excluding hydrogens is 292 g/mol. The van der Waals surface area contributed by atoms with Crippen LogP contribution in [0.2, 0.25) is 0 Å². The maximum atomic E-state index is 13.1. The van der Waals surface area contributed by atoms with E-state index in [0.29, 0.717) is 6.54 Å². The van der Waals surface area contributed by atoms with E-state index in [9.17, 15) is 13.6 Å². The number of hydrogen-bond acceptors (Lipinski definition) is 3. The highest BCUT2D eigenvalue weighted by Crippen LogP contribution is 2.22.